The van der Waals surface area contributed by atoms with Crippen LogP contribution < -0.4 is 0 Å². The highest BCUT2D eigenvalue weighted by molar-refractivity contribution is 5.85. The Morgan fingerprint density at radius 1 is 1.27 bits per heavy atom. The molecule has 0 radical (unpaired) electrons. The van der Waals surface area contributed by atoms with E-state index in [0.717, 1.165) is 0 Å². The van der Waals surface area contributed by atoms with E-state index in [1.165, 1.54) is 0 Å². The number of rotatable bonds is 3. The van der Waals surface area contributed by atoms with Gasteiger partial charge in [-0.25, -0.2) is 0 Å². The van der Waals surface area contributed by atoms with Gasteiger partial charge in [-0.15, -0.1) is 0 Å². The van der Waals surface area contributed by atoms with Gasteiger partial charge in [-0.05, 0) is 12.8 Å². The Bertz CT molecular complexity index is 178. The molecule has 2 nitrogen and oxygen atoms in total. The Morgan fingerprint density at radius 2 is 1.73 bits per heavy atom. The van der Waals surface area contributed by atoms with Gasteiger partial charge in [-0.3, -0.25) is 4.79 Å². The summed E-state index contributed by atoms with van der Waals surface area (Å²) < 4.78 is 0. The Morgan fingerprint density at radius 3 is 2.00 bits per heavy atom. The highest BCUT2D eigenvalue weighted by Gasteiger charge is 2.21. The molecule has 0 N–H and O–H groups in total. The van der Waals surface area contributed by atoms with Crippen molar-refractivity contribution in [2.75, 3.05) is 0 Å². The van der Waals surface area contributed by atoms with E-state index in [9.17, 15) is 4.79 Å². The van der Waals surface area contributed by atoms with Crippen molar-refractivity contribution in [2.45, 2.75) is 27.7 Å². The first-order chi connectivity index (χ1) is 5.00. The van der Waals surface area contributed by atoms with Crippen molar-refractivity contribution in [3.8, 4) is 6.07 Å². The van der Waals surface area contributed by atoms with Crippen molar-refractivity contribution in [3.63, 3.8) is 0 Å². The van der Waals surface area contributed by atoms with E-state index in [-0.39, 0.29) is 11.7 Å². The van der Waals surface area contributed by atoms with Crippen molar-refractivity contribution < 1.29 is 4.79 Å². The number of Topliss-reactive ketones (excluding diaryl/α,β-unsaturated/α-hetero) is 1. The fourth-order valence-electron chi connectivity index (χ4n) is 0.786. The summed E-state index contributed by atoms with van der Waals surface area (Å²) in [5.74, 6) is -0.0575. The summed E-state index contributed by atoms with van der Waals surface area (Å²) in [4.78, 5) is 11.3. The van der Waals surface area contributed by atoms with Gasteiger partial charge in [0.15, 0.2) is 5.78 Å². The third-order valence-electron chi connectivity index (χ3n) is 2.07. The minimum Gasteiger partial charge on any atom is -0.298 e. The Kier molecular flexibility index (Phi) is 3.81. The number of carbonyl (C=O) groups is 1. The quantitative estimate of drug-likeness (QED) is 0.622. The summed E-state index contributed by atoms with van der Waals surface area (Å²) >= 11 is 0. The van der Waals surface area contributed by atoms with Crippen LogP contribution in [0.1, 0.15) is 27.7 Å². The van der Waals surface area contributed by atoms with Crippen LogP contribution in [0.2, 0.25) is 0 Å². The van der Waals surface area contributed by atoms with Crippen molar-refractivity contribution in [2.24, 2.45) is 17.8 Å². The Hall–Kier alpha value is -0.840. The lowest BCUT2D eigenvalue weighted by Crippen LogP contribution is -2.22. The van der Waals surface area contributed by atoms with E-state index in [0.29, 0.717) is 5.92 Å². The molecule has 0 fully saturated rings. The molecule has 2 atom stereocenters. The molecule has 0 aromatic heterocycles. The highest BCUT2D eigenvalue weighted by Crippen LogP contribution is 2.15. The molecule has 0 aromatic carbocycles. The fourth-order valence-corrected chi connectivity index (χ4v) is 0.786. The minimum atomic E-state index is -0.451. The summed E-state index contributed by atoms with van der Waals surface area (Å²) in [6.45, 7) is 7.52. The number of hydrogen-bond acceptors (Lipinski definition) is 2. The second-order valence-corrected chi connectivity index (χ2v) is 3.29. The number of ketones is 1. The summed E-state index contributed by atoms with van der Waals surface area (Å²) in [5.41, 5.74) is 0. The first kappa shape index (κ1) is 10.2. The van der Waals surface area contributed by atoms with Crippen molar-refractivity contribution in [1.29, 1.82) is 5.26 Å². The van der Waals surface area contributed by atoms with Crippen LogP contribution in [0.25, 0.3) is 0 Å². The number of carbonyl (C=O) groups excluding carboxylic acids is 1. The maximum absolute atomic E-state index is 11.3. The molecule has 2 heteroatoms. The van der Waals surface area contributed by atoms with Crippen LogP contribution in [0, 0.1) is 29.1 Å². The molecule has 2 unspecified atom stereocenters. The van der Waals surface area contributed by atoms with Gasteiger partial charge in [0.2, 0.25) is 0 Å². The average molecular weight is 153 g/mol. The van der Waals surface area contributed by atoms with Gasteiger partial charge < -0.3 is 0 Å². The van der Waals surface area contributed by atoms with Gasteiger partial charge in [0.1, 0.15) is 5.92 Å². The van der Waals surface area contributed by atoms with E-state index in [1.54, 1.807) is 6.92 Å². The van der Waals surface area contributed by atoms with Gasteiger partial charge >= 0.3 is 0 Å². The van der Waals surface area contributed by atoms with Gasteiger partial charge in [-0.1, -0.05) is 20.8 Å². The largest absolute Gasteiger partial charge is 0.298 e. The fraction of sp³-hybridized carbons (Fsp3) is 0.778. The first-order valence-electron chi connectivity index (χ1n) is 3.94. The van der Waals surface area contributed by atoms with Crippen molar-refractivity contribution in [1.82, 2.24) is 0 Å². The second-order valence-electron chi connectivity index (χ2n) is 3.29. The van der Waals surface area contributed by atoms with Gasteiger partial charge in [0, 0.05) is 5.92 Å². The molecular weight excluding hydrogens is 138 g/mol. The van der Waals surface area contributed by atoms with Gasteiger partial charge in [0.25, 0.3) is 0 Å². The zero-order chi connectivity index (χ0) is 9.02. The van der Waals surface area contributed by atoms with Crippen LogP contribution >= 0.6 is 0 Å². The third-order valence-corrected chi connectivity index (χ3v) is 2.07. The van der Waals surface area contributed by atoms with E-state index in [2.05, 4.69) is 0 Å². The predicted molar refractivity (Wildman–Crippen MR) is 43.8 cm³/mol. The highest BCUT2D eigenvalue weighted by atomic mass is 16.1. The van der Waals surface area contributed by atoms with Gasteiger partial charge in [0.05, 0.1) is 6.07 Å². The molecule has 11 heavy (non-hydrogen) atoms. The lowest BCUT2D eigenvalue weighted by atomic mass is 9.88. The molecule has 0 aromatic rings. The molecule has 0 spiro atoms. The molecule has 0 bridgehead atoms. The van der Waals surface area contributed by atoms with Crippen LogP contribution in [0.15, 0.2) is 0 Å². The Labute approximate surface area is 68.2 Å². The molecule has 0 saturated carbocycles. The molecule has 0 heterocycles. The number of nitrogens with zero attached hydrogens (tertiary/aromatic N) is 1. The van der Waals surface area contributed by atoms with Gasteiger partial charge in [-0.2, -0.15) is 5.26 Å². The summed E-state index contributed by atoms with van der Waals surface area (Å²) in [7, 11) is 0. The molecule has 0 rings (SSSR count). The molecule has 0 aliphatic heterocycles. The lowest BCUT2D eigenvalue weighted by Gasteiger charge is -2.14. The zero-order valence-electron chi connectivity index (χ0n) is 7.59. The van der Waals surface area contributed by atoms with E-state index in [1.807, 2.05) is 26.8 Å². The van der Waals surface area contributed by atoms with E-state index >= 15 is 0 Å². The normalized spacial score (nSPS) is 15.6. The van der Waals surface area contributed by atoms with Crippen LogP contribution in [-0.2, 0) is 4.79 Å². The third kappa shape index (κ3) is 2.71. The molecule has 0 saturated heterocycles. The lowest BCUT2D eigenvalue weighted by molar-refractivity contribution is -0.125. The first-order valence-corrected chi connectivity index (χ1v) is 3.94. The average Bonchev–Trinajstić information content (AvgIpc) is 2.00. The standard InChI is InChI=1S/C9H15NO/c1-6(2)8(4)9(11)7(3)5-10/h6-8H,1-4H3. The summed E-state index contributed by atoms with van der Waals surface area (Å²) in [5, 5.41) is 8.47. The molecule has 62 valence electrons. The number of hydrogen-bond donors (Lipinski definition) is 0. The van der Waals surface area contributed by atoms with Crippen LogP contribution in [-0.4, -0.2) is 5.78 Å². The summed E-state index contributed by atoms with van der Waals surface area (Å²) in [6, 6.07) is 1.95. The molecule has 0 amide bonds. The van der Waals surface area contributed by atoms with Crippen LogP contribution in [0.5, 0.6) is 0 Å². The monoisotopic (exact) mass is 153 g/mol. The Balaban J connectivity index is 4.16. The minimum absolute atomic E-state index is 0.00431. The maximum atomic E-state index is 11.3. The summed E-state index contributed by atoms with van der Waals surface area (Å²) in [6.07, 6.45) is 0. The van der Waals surface area contributed by atoms with E-state index < -0.39 is 5.92 Å². The number of nitriles is 1. The molecule has 0 aliphatic carbocycles. The van der Waals surface area contributed by atoms with Crippen molar-refractivity contribution >= 4 is 5.78 Å². The smallest absolute Gasteiger partial charge is 0.152 e. The van der Waals surface area contributed by atoms with Crippen molar-refractivity contribution in [3.05, 3.63) is 0 Å². The predicted octanol–water partition coefficient (Wildman–Crippen LogP) is 2.01. The van der Waals surface area contributed by atoms with E-state index in [4.69, 9.17) is 5.26 Å². The molecule has 0 aliphatic rings. The SMILES string of the molecule is CC(C#N)C(=O)C(C)C(C)C. The zero-order valence-corrected chi connectivity index (χ0v) is 7.59. The molecular formula is C9H15NO. The topological polar surface area (TPSA) is 40.9 Å². The second kappa shape index (κ2) is 4.12. The maximum Gasteiger partial charge on any atom is 0.152 e. The van der Waals surface area contributed by atoms with Crippen LogP contribution in [0.3, 0.4) is 0 Å². The van der Waals surface area contributed by atoms with Crippen LogP contribution in [0.4, 0.5) is 0 Å².